The second kappa shape index (κ2) is 3.87. The number of aliphatic hydroxyl groups excluding tert-OH is 1. The lowest BCUT2D eigenvalue weighted by atomic mass is 10.1. The zero-order valence-electron chi connectivity index (χ0n) is 7.58. The zero-order valence-corrected chi connectivity index (χ0v) is 7.58. The number of carbonyl (C=O) groups excluding carboxylic acids is 1. The van der Waals surface area contributed by atoms with Crippen molar-refractivity contribution in [2.75, 3.05) is 6.54 Å². The van der Waals surface area contributed by atoms with Gasteiger partial charge in [-0.1, -0.05) is 0 Å². The summed E-state index contributed by atoms with van der Waals surface area (Å²) in [6, 6.07) is -0.00532. The van der Waals surface area contributed by atoms with Gasteiger partial charge in [0.15, 0.2) is 0 Å². The van der Waals surface area contributed by atoms with E-state index in [0.717, 1.165) is 13.0 Å². The summed E-state index contributed by atoms with van der Waals surface area (Å²) in [4.78, 5) is 11.0. The number of aliphatic hydroxyl groups is 1. The number of hydrogen-bond donors (Lipinski definition) is 2. The van der Waals surface area contributed by atoms with Gasteiger partial charge in [0.2, 0.25) is 5.91 Å². The molecule has 0 bridgehead atoms. The van der Waals surface area contributed by atoms with E-state index in [1.807, 2.05) is 6.92 Å². The van der Waals surface area contributed by atoms with Crippen LogP contribution in [0, 0.1) is 0 Å². The second-order valence-electron chi connectivity index (χ2n) is 3.31. The molecule has 0 saturated carbocycles. The van der Waals surface area contributed by atoms with Crippen LogP contribution in [0.1, 0.15) is 26.7 Å². The molecule has 70 valence electrons. The summed E-state index contributed by atoms with van der Waals surface area (Å²) < 4.78 is 0. The minimum atomic E-state index is -0.414. The topological polar surface area (TPSA) is 52.6 Å². The minimum Gasteiger partial charge on any atom is -0.392 e. The molecule has 12 heavy (non-hydrogen) atoms. The van der Waals surface area contributed by atoms with Crippen LogP contribution in [0.15, 0.2) is 0 Å². The monoisotopic (exact) mass is 172 g/mol. The van der Waals surface area contributed by atoms with Gasteiger partial charge in [-0.2, -0.15) is 0 Å². The first kappa shape index (κ1) is 9.48. The molecule has 4 heteroatoms. The van der Waals surface area contributed by atoms with Crippen LogP contribution in [0.3, 0.4) is 0 Å². The molecule has 4 nitrogen and oxygen atoms in total. The molecular formula is C8H16N2O2. The van der Waals surface area contributed by atoms with Gasteiger partial charge >= 0.3 is 0 Å². The highest BCUT2D eigenvalue weighted by molar-refractivity contribution is 5.75. The molecule has 2 atom stereocenters. The summed E-state index contributed by atoms with van der Waals surface area (Å²) in [7, 11) is 0. The maximum Gasteiger partial charge on any atom is 0.234 e. The molecule has 0 aromatic carbocycles. The van der Waals surface area contributed by atoms with Crippen molar-refractivity contribution in [3.8, 4) is 0 Å². The quantitative estimate of drug-likeness (QED) is 0.610. The molecule has 0 spiro atoms. The van der Waals surface area contributed by atoms with Gasteiger partial charge in [-0.15, -0.1) is 0 Å². The highest BCUT2D eigenvalue weighted by atomic mass is 16.3. The van der Waals surface area contributed by atoms with Gasteiger partial charge in [-0.3, -0.25) is 10.2 Å². The number of hydrogen-bond acceptors (Lipinski definition) is 3. The molecule has 0 aromatic heterocycles. The fourth-order valence-electron chi connectivity index (χ4n) is 1.25. The molecule has 1 amide bonds. The standard InChI is InChI=1S/C8H16N2O2/c1-6(7(2)11)10-5-3-4-8(12)9-10/h6-7,11H,3-5H2,1-2H3,(H,9,12). The highest BCUT2D eigenvalue weighted by Crippen LogP contribution is 2.07. The van der Waals surface area contributed by atoms with Gasteiger partial charge in [-0.25, -0.2) is 5.01 Å². The molecule has 0 radical (unpaired) electrons. The molecule has 2 N–H and O–H groups in total. The molecule has 1 aliphatic rings. The van der Waals surface area contributed by atoms with Crippen molar-refractivity contribution in [1.82, 2.24) is 10.4 Å². The predicted octanol–water partition coefficient (Wildman–Crippen LogP) is -0.117. The Balaban J connectivity index is 2.45. The van der Waals surface area contributed by atoms with Crippen LogP contribution >= 0.6 is 0 Å². The van der Waals surface area contributed by atoms with Gasteiger partial charge in [-0.05, 0) is 20.3 Å². The van der Waals surface area contributed by atoms with Crippen LogP contribution in [-0.2, 0) is 4.79 Å². The molecule has 1 aliphatic heterocycles. The van der Waals surface area contributed by atoms with Crippen molar-refractivity contribution >= 4 is 5.91 Å². The fraction of sp³-hybridized carbons (Fsp3) is 0.875. The average molecular weight is 172 g/mol. The zero-order chi connectivity index (χ0) is 9.14. The Morgan fingerprint density at radius 2 is 2.25 bits per heavy atom. The number of amides is 1. The minimum absolute atomic E-state index is 0.00532. The van der Waals surface area contributed by atoms with E-state index in [1.54, 1.807) is 11.9 Å². The van der Waals surface area contributed by atoms with E-state index < -0.39 is 6.10 Å². The smallest absolute Gasteiger partial charge is 0.234 e. The van der Waals surface area contributed by atoms with Gasteiger partial charge in [0.1, 0.15) is 0 Å². The Hall–Kier alpha value is -0.610. The lowest BCUT2D eigenvalue weighted by molar-refractivity contribution is -0.131. The molecule has 0 aliphatic carbocycles. The SMILES string of the molecule is CC(O)C(C)N1CCCC(=O)N1. The van der Waals surface area contributed by atoms with Crippen molar-refractivity contribution in [2.45, 2.75) is 38.8 Å². The van der Waals surface area contributed by atoms with Crippen LogP contribution in [0.25, 0.3) is 0 Å². The maximum atomic E-state index is 11.0. The lowest BCUT2D eigenvalue weighted by Gasteiger charge is -2.33. The summed E-state index contributed by atoms with van der Waals surface area (Å²) >= 11 is 0. The molecule has 0 aromatic rings. The number of carbonyl (C=O) groups is 1. The van der Waals surface area contributed by atoms with Crippen LogP contribution in [-0.4, -0.2) is 34.7 Å². The molecule has 1 rings (SSSR count). The number of nitrogens with zero attached hydrogens (tertiary/aromatic N) is 1. The number of nitrogens with one attached hydrogen (secondary N) is 1. The van der Waals surface area contributed by atoms with E-state index in [-0.39, 0.29) is 11.9 Å². The van der Waals surface area contributed by atoms with E-state index >= 15 is 0 Å². The number of rotatable bonds is 2. The average Bonchev–Trinajstić information content (AvgIpc) is 2.03. The van der Waals surface area contributed by atoms with Crippen molar-refractivity contribution in [2.24, 2.45) is 0 Å². The van der Waals surface area contributed by atoms with Crippen molar-refractivity contribution < 1.29 is 9.90 Å². The molecule has 1 heterocycles. The van der Waals surface area contributed by atoms with Gasteiger partial charge in [0.25, 0.3) is 0 Å². The normalized spacial score (nSPS) is 24.8. The van der Waals surface area contributed by atoms with Crippen molar-refractivity contribution in [3.63, 3.8) is 0 Å². The third-order valence-corrected chi connectivity index (χ3v) is 2.26. The number of hydrazine groups is 1. The molecule has 1 fully saturated rings. The Kier molecular flexibility index (Phi) is 3.05. The predicted molar refractivity (Wildman–Crippen MR) is 45.2 cm³/mol. The van der Waals surface area contributed by atoms with E-state index in [9.17, 15) is 9.90 Å². The summed E-state index contributed by atoms with van der Waals surface area (Å²) in [6.07, 6.45) is 1.06. The van der Waals surface area contributed by atoms with Crippen LogP contribution in [0.4, 0.5) is 0 Å². The Bertz CT molecular complexity index is 170. The first-order valence-corrected chi connectivity index (χ1v) is 4.35. The van der Waals surface area contributed by atoms with Gasteiger partial charge in [0.05, 0.1) is 12.1 Å². The highest BCUT2D eigenvalue weighted by Gasteiger charge is 2.23. The summed E-state index contributed by atoms with van der Waals surface area (Å²) in [5, 5.41) is 11.1. The summed E-state index contributed by atoms with van der Waals surface area (Å²) in [6.45, 7) is 4.46. The Morgan fingerprint density at radius 3 is 2.75 bits per heavy atom. The Labute approximate surface area is 72.5 Å². The first-order chi connectivity index (χ1) is 5.61. The van der Waals surface area contributed by atoms with E-state index in [0.29, 0.717) is 6.42 Å². The van der Waals surface area contributed by atoms with Crippen molar-refractivity contribution in [1.29, 1.82) is 0 Å². The van der Waals surface area contributed by atoms with E-state index in [1.165, 1.54) is 0 Å². The first-order valence-electron chi connectivity index (χ1n) is 4.35. The lowest BCUT2D eigenvalue weighted by Crippen LogP contribution is -2.54. The molecular weight excluding hydrogens is 156 g/mol. The summed E-state index contributed by atoms with van der Waals surface area (Å²) in [5.41, 5.74) is 2.73. The summed E-state index contributed by atoms with van der Waals surface area (Å²) in [5.74, 6) is 0.0498. The second-order valence-corrected chi connectivity index (χ2v) is 3.31. The molecule has 2 unspecified atom stereocenters. The van der Waals surface area contributed by atoms with Gasteiger partial charge < -0.3 is 5.11 Å². The Morgan fingerprint density at radius 1 is 1.58 bits per heavy atom. The molecule has 1 saturated heterocycles. The van der Waals surface area contributed by atoms with Crippen LogP contribution in [0.2, 0.25) is 0 Å². The largest absolute Gasteiger partial charge is 0.392 e. The van der Waals surface area contributed by atoms with Crippen LogP contribution < -0.4 is 5.43 Å². The van der Waals surface area contributed by atoms with E-state index in [2.05, 4.69) is 5.43 Å². The van der Waals surface area contributed by atoms with Gasteiger partial charge in [0, 0.05) is 13.0 Å². The van der Waals surface area contributed by atoms with Crippen molar-refractivity contribution in [3.05, 3.63) is 0 Å². The third kappa shape index (κ3) is 2.19. The maximum absolute atomic E-state index is 11.0. The van der Waals surface area contributed by atoms with Crippen LogP contribution in [0.5, 0.6) is 0 Å². The fourth-order valence-corrected chi connectivity index (χ4v) is 1.25. The third-order valence-electron chi connectivity index (χ3n) is 2.26. The van der Waals surface area contributed by atoms with E-state index in [4.69, 9.17) is 0 Å².